The number of carbonyl (C=O) groups is 1. The van der Waals surface area contributed by atoms with Crippen LogP contribution >= 0.6 is 24.0 Å². The lowest BCUT2D eigenvalue weighted by atomic mass is 10.1. The van der Waals surface area contributed by atoms with Crippen molar-refractivity contribution in [2.24, 2.45) is 0 Å². The topological polar surface area (TPSA) is 54.9 Å². The maximum absolute atomic E-state index is 13.1. The van der Waals surface area contributed by atoms with Crippen LogP contribution in [0, 0.1) is 0 Å². The zero-order chi connectivity index (χ0) is 20.5. The number of hydrogen-bond donors (Lipinski definition) is 0. The van der Waals surface area contributed by atoms with Crippen molar-refractivity contribution in [2.75, 3.05) is 44.4 Å². The fraction of sp³-hybridized carbons (Fsp3) is 0.409. The number of aromatic nitrogens is 1. The standard InChI is InChI=1S/C22H23N3O3S2/c26-21-19(30-22(29)25(21)14-17-5-3-9-28-17)13-16-12-15-4-1-2-6-18(15)23-20(16)24-7-10-27-11-8-24/h1-2,4,6,12-13,17H,3,5,7-11,14H2/b19-13-/t17-/m0/s1. The molecule has 0 radical (unpaired) electrons. The van der Waals surface area contributed by atoms with E-state index in [2.05, 4.69) is 11.0 Å². The quantitative estimate of drug-likeness (QED) is 0.532. The van der Waals surface area contributed by atoms with E-state index in [0.717, 1.165) is 54.8 Å². The van der Waals surface area contributed by atoms with E-state index in [9.17, 15) is 4.79 Å². The van der Waals surface area contributed by atoms with Crippen LogP contribution in [-0.2, 0) is 14.3 Å². The average Bonchev–Trinajstić information content (AvgIpc) is 3.38. The molecule has 1 atom stereocenters. The van der Waals surface area contributed by atoms with Gasteiger partial charge < -0.3 is 14.4 Å². The van der Waals surface area contributed by atoms with Gasteiger partial charge in [0.25, 0.3) is 5.91 Å². The number of fused-ring (bicyclic) bond motifs is 1. The zero-order valence-electron chi connectivity index (χ0n) is 16.6. The van der Waals surface area contributed by atoms with Crippen molar-refractivity contribution in [3.8, 4) is 0 Å². The lowest BCUT2D eigenvalue weighted by molar-refractivity contribution is -0.123. The van der Waals surface area contributed by atoms with Gasteiger partial charge in [-0.2, -0.15) is 0 Å². The molecule has 0 aliphatic carbocycles. The molecule has 0 bridgehead atoms. The highest BCUT2D eigenvalue weighted by atomic mass is 32.2. The summed E-state index contributed by atoms with van der Waals surface area (Å²) in [5, 5.41) is 1.05. The second kappa shape index (κ2) is 8.63. The SMILES string of the molecule is O=C1/C(=C/c2cc3ccccc3nc2N2CCOCC2)SC(=S)N1C[C@@H]1CCCO1. The van der Waals surface area contributed by atoms with Gasteiger partial charge in [-0.25, -0.2) is 4.98 Å². The summed E-state index contributed by atoms with van der Waals surface area (Å²) in [4.78, 5) is 22.6. The predicted octanol–water partition coefficient (Wildman–Crippen LogP) is 3.45. The number of nitrogens with zero attached hydrogens (tertiary/aromatic N) is 3. The Morgan fingerprint density at radius 3 is 2.87 bits per heavy atom. The van der Waals surface area contributed by atoms with Crippen LogP contribution in [-0.4, -0.2) is 65.7 Å². The van der Waals surface area contributed by atoms with Gasteiger partial charge in [0.2, 0.25) is 0 Å². The van der Waals surface area contributed by atoms with Crippen LogP contribution in [0.15, 0.2) is 35.2 Å². The largest absolute Gasteiger partial charge is 0.378 e. The van der Waals surface area contributed by atoms with Crippen LogP contribution in [0.1, 0.15) is 18.4 Å². The minimum absolute atomic E-state index is 0.0402. The van der Waals surface area contributed by atoms with Gasteiger partial charge in [0.15, 0.2) is 0 Å². The first-order valence-electron chi connectivity index (χ1n) is 10.3. The summed E-state index contributed by atoms with van der Waals surface area (Å²) >= 11 is 6.87. The Kier molecular flexibility index (Phi) is 5.73. The highest BCUT2D eigenvalue weighted by Crippen LogP contribution is 2.35. The summed E-state index contributed by atoms with van der Waals surface area (Å²) in [5.74, 6) is 0.850. The van der Waals surface area contributed by atoms with Crippen LogP contribution in [0.2, 0.25) is 0 Å². The fourth-order valence-corrected chi connectivity index (χ4v) is 5.31. The molecular formula is C22H23N3O3S2. The summed E-state index contributed by atoms with van der Waals surface area (Å²) in [5.41, 5.74) is 1.88. The molecule has 1 aromatic heterocycles. The van der Waals surface area contributed by atoms with Gasteiger partial charge in [-0.3, -0.25) is 9.69 Å². The number of benzene rings is 1. The summed E-state index contributed by atoms with van der Waals surface area (Å²) in [7, 11) is 0. The Balaban J connectivity index is 1.49. The van der Waals surface area contributed by atoms with Crippen molar-refractivity contribution in [3.05, 3.63) is 40.8 Å². The van der Waals surface area contributed by atoms with Crippen LogP contribution in [0.3, 0.4) is 0 Å². The summed E-state index contributed by atoms with van der Waals surface area (Å²) in [6, 6.07) is 10.2. The van der Waals surface area contributed by atoms with E-state index in [1.807, 2.05) is 30.3 Å². The Hall–Kier alpha value is -2.00. The zero-order valence-corrected chi connectivity index (χ0v) is 18.2. The number of anilines is 1. The number of carbonyl (C=O) groups excluding carboxylic acids is 1. The minimum Gasteiger partial charge on any atom is -0.378 e. The number of thioether (sulfide) groups is 1. The predicted molar refractivity (Wildman–Crippen MR) is 124 cm³/mol. The van der Waals surface area contributed by atoms with Crippen molar-refractivity contribution < 1.29 is 14.3 Å². The Morgan fingerprint density at radius 2 is 2.07 bits per heavy atom. The Bertz CT molecular complexity index is 1010. The monoisotopic (exact) mass is 441 g/mol. The van der Waals surface area contributed by atoms with Gasteiger partial charge in [-0.05, 0) is 31.1 Å². The van der Waals surface area contributed by atoms with E-state index in [1.54, 1.807) is 4.90 Å². The second-order valence-corrected chi connectivity index (χ2v) is 9.30. The molecule has 156 valence electrons. The first kappa shape index (κ1) is 19.9. The van der Waals surface area contributed by atoms with Crippen LogP contribution < -0.4 is 4.90 Å². The Morgan fingerprint density at radius 1 is 1.23 bits per heavy atom. The molecule has 8 heteroatoms. The maximum Gasteiger partial charge on any atom is 0.266 e. The van der Waals surface area contributed by atoms with Crippen LogP contribution in [0.4, 0.5) is 5.82 Å². The van der Waals surface area contributed by atoms with Crippen molar-refractivity contribution in [1.82, 2.24) is 9.88 Å². The molecule has 0 spiro atoms. The summed E-state index contributed by atoms with van der Waals surface area (Å²) in [6.45, 7) is 4.22. The third-order valence-electron chi connectivity index (χ3n) is 5.61. The molecule has 30 heavy (non-hydrogen) atoms. The van der Waals surface area contributed by atoms with E-state index in [1.165, 1.54) is 11.8 Å². The smallest absolute Gasteiger partial charge is 0.266 e. The second-order valence-electron chi connectivity index (χ2n) is 7.62. The molecular weight excluding hydrogens is 418 g/mol. The molecule has 4 heterocycles. The van der Waals surface area contributed by atoms with E-state index in [0.29, 0.717) is 29.0 Å². The third kappa shape index (κ3) is 3.97. The van der Waals surface area contributed by atoms with Crippen molar-refractivity contribution in [1.29, 1.82) is 0 Å². The van der Waals surface area contributed by atoms with Gasteiger partial charge >= 0.3 is 0 Å². The number of hydrogen-bond acceptors (Lipinski definition) is 7. The van der Waals surface area contributed by atoms with Crippen molar-refractivity contribution in [3.63, 3.8) is 0 Å². The van der Waals surface area contributed by atoms with E-state index in [4.69, 9.17) is 26.7 Å². The molecule has 3 aliphatic heterocycles. The molecule has 1 amide bonds. The molecule has 0 saturated carbocycles. The molecule has 3 fully saturated rings. The average molecular weight is 442 g/mol. The number of para-hydroxylation sites is 1. The van der Waals surface area contributed by atoms with E-state index in [-0.39, 0.29) is 12.0 Å². The first-order chi connectivity index (χ1) is 14.7. The summed E-state index contributed by atoms with van der Waals surface area (Å²) < 4.78 is 11.8. The minimum atomic E-state index is -0.0402. The molecule has 3 saturated heterocycles. The van der Waals surface area contributed by atoms with Gasteiger partial charge in [0.1, 0.15) is 10.1 Å². The van der Waals surface area contributed by atoms with Gasteiger partial charge in [0, 0.05) is 30.6 Å². The van der Waals surface area contributed by atoms with E-state index >= 15 is 0 Å². The van der Waals surface area contributed by atoms with Crippen molar-refractivity contribution >= 4 is 57.0 Å². The normalized spacial score (nSPS) is 23.9. The molecule has 0 unspecified atom stereocenters. The van der Waals surface area contributed by atoms with Gasteiger partial charge in [-0.15, -0.1) is 0 Å². The molecule has 0 N–H and O–H groups in total. The molecule has 5 rings (SSSR count). The van der Waals surface area contributed by atoms with Gasteiger partial charge in [-0.1, -0.05) is 42.2 Å². The number of thiocarbonyl (C=S) groups is 1. The molecule has 3 aliphatic rings. The number of amides is 1. The van der Waals surface area contributed by atoms with Gasteiger partial charge in [0.05, 0.1) is 36.3 Å². The summed E-state index contributed by atoms with van der Waals surface area (Å²) in [6.07, 6.45) is 4.05. The maximum atomic E-state index is 13.1. The Labute approximate surface area is 185 Å². The highest BCUT2D eigenvalue weighted by molar-refractivity contribution is 8.26. The lowest BCUT2D eigenvalue weighted by Crippen LogP contribution is -2.37. The van der Waals surface area contributed by atoms with Crippen LogP contribution in [0.25, 0.3) is 17.0 Å². The number of pyridine rings is 1. The fourth-order valence-electron chi connectivity index (χ4n) is 4.05. The molecule has 2 aromatic rings. The molecule has 6 nitrogen and oxygen atoms in total. The number of morpholine rings is 1. The van der Waals surface area contributed by atoms with Crippen molar-refractivity contribution in [2.45, 2.75) is 18.9 Å². The van der Waals surface area contributed by atoms with E-state index < -0.39 is 0 Å². The third-order valence-corrected chi connectivity index (χ3v) is 6.99. The highest BCUT2D eigenvalue weighted by Gasteiger charge is 2.35. The first-order valence-corrected chi connectivity index (χ1v) is 11.5. The number of ether oxygens (including phenoxy) is 2. The van der Waals surface area contributed by atoms with Crippen LogP contribution in [0.5, 0.6) is 0 Å². The molecule has 1 aromatic carbocycles. The number of rotatable bonds is 4. The lowest BCUT2D eigenvalue weighted by Gasteiger charge is -2.29.